The Kier molecular flexibility index (Phi) is 6.01. The molecule has 0 fully saturated rings. The van der Waals surface area contributed by atoms with Gasteiger partial charge >= 0.3 is 0 Å². The van der Waals surface area contributed by atoms with Crippen molar-refractivity contribution in [2.75, 3.05) is 5.32 Å². The molecule has 0 saturated heterocycles. The van der Waals surface area contributed by atoms with Gasteiger partial charge in [-0.2, -0.15) is 0 Å². The van der Waals surface area contributed by atoms with Gasteiger partial charge in [0, 0.05) is 10.0 Å². The predicted molar refractivity (Wildman–Crippen MR) is 112 cm³/mol. The Morgan fingerprint density at radius 2 is 1.78 bits per heavy atom. The first-order valence-corrected chi connectivity index (χ1v) is 10.1. The third-order valence-electron chi connectivity index (χ3n) is 3.90. The van der Waals surface area contributed by atoms with E-state index in [1.54, 1.807) is 0 Å². The Morgan fingerprint density at radius 1 is 1.07 bits per heavy atom. The summed E-state index contributed by atoms with van der Waals surface area (Å²) in [5.74, 6) is 0.328. The predicted octanol–water partition coefficient (Wildman–Crippen LogP) is 5.54. The fraction of sp³-hybridized carbons (Fsp3) is 0.250. The van der Waals surface area contributed by atoms with Crippen LogP contribution in [0.15, 0.2) is 50.5 Å². The van der Waals surface area contributed by atoms with Crippen molar-refractivity contribution in [1.82, 2.24) is 10.2 Å². The van der Waals surface area contributed by atoms with Crippen molar-refractivity contribution < 1.29 is 9.21 Å². The van der Waals surface area contributed by atoms with E-state index in [9.17, 15) is 4.79 Å². The molecule has 2 aromatic carbocycles. The van der Waals surface area contributed by atoms with Crippen LogP contribution in [0.1, 0.15) is 23.6 Å². The molecule has 1 unspecified atom stereocenters. The van der Waals surface area contributed by atoms with Crippen LogP contribution in [0.2, 0.25) is 0 Å². The lowest BCUT2D eigenvalue weighted by molar-refractivity contribution is -0.115. The second-order valence-electron chi connectivity index (χ2n) is 6.48. The van der Waals surface area contributed by atoms with Crippen molar-refractivity contribution in [3.05, 3.63) is 57.6 Å². The molecule has 0 aliphatic carbocycles. The maximum absolute atomic E-state index is 12.5. The maximum atomic E-state index is 12.5. The zero-order valence-corrected chi connectivity index (χ0v) is 17.9. The molecule has 1 heterocycles. The summed E-state index contributed by atoms with van der Waals surface area (Å²) in [4.78, 5) is 12.5. The SMILES string of the molecule is Cc1cc(C)cc(-c2nnc(SC(C)C(=O)Nc3ccc(C)cc3Br)o2)c1. The molecule has 1 amide bonds. The number of carbonyl (C=O) groups is 1. The number of halogens is 1. The largest absolute Gasteiger partial charge is 0.411 e. The van der Waals surface area contributed by atoms with Crippen LogP contribution in [0.5, 0.6) is 0 Å². The number of anilines is 1. The van der Waals surface area contributed by atoms with Gasteiger partial charge in [-0.25, -0.2) is 0 Å². The molecular weight excluding hydrogens is 426 g/mol. The smallest absolute Gasteiger partial charge is 0.277 e. The van der Waals surface area contributed by atoms with Crippen LogP contribution in [0, 0.1) is 20.8 Å². The highest BCUT2D eigenvalue weighted by atomic mass is 79.9. The second kappa shape index (κ2) is 8.27. The van der Waals surface area contributed by atoms with Gasteiger partial charge in [-0.15, -0.1) is 10.2 Å². The summed E-state index contributed by atoms with van der Waals surface area (Å²) in [6.45, 7) is 7.86. The number of rotatable bonds is 5. The number of hydrogen-bond acceptors (Lipinski definition) is 5. The van der Waals surface area contributed by atoms with Crippen LogP contribution in [-0.4, -0.2) is 21.4 Å². The molecule has 3 rings (SSSR count). The monoisotopic (exact) mass is 445 g/mol. The number of benzene rings is 2. The van der Waals surface area contributed by atoms with E-state index in [1.807, 2.05) is 58.0 Å². The van der Waals surface area contributed by atoms with Gasteiger partial charge in [-0.1, -0.05) is 35.0 Å². The summed E-state index contributed by atoms with van der Waals surface area (Å²) in [6.07, 6.45) is 0. The first-order chi connectivity index (χ1) is 12.8. The summed E-state index contributed by atoms with van der Waals surface area (Å²) in [5.41, 5.74) is 5.00. The summed E-state index contributed by atoms with van der Waals surface area (Å²) in [5, 5.41) is 11.1. The zero-order chi connectivity index (χ0) is 19.6. The van der Waals surface area contributed by atoms with Crippen LogP contribution in [-0.2, 0) is 4.79 Å². The lowest BCUT2D eigenvalue weighted by Gasteiger charge is -2.11. The van der Waals surface area contributed by atoms with Crippen LogP contribution in [0.4, 0.5) is 5.69 Å². The van der Waals surface area contributed by atoms with Crippen molar-refractivity contribution >= 4 is 39.3 Å². The van der Waals surface area contributed by atoms with Gasteiger partial charge in [0.15, 0.2) is 0 Å². The molecule has 7 heteroatoms. The highest BCUT2D eigenvalue weighted by molar-refractivity contribution is 9.10. The van der Waals surface area contributed by atoms with Crippen LogP contribution in [0.25, 0.3) is 11.5 Å². The van der Waals surface area contributed by atoms with Crippen LogP contribution in [0.3, 0.4) is 0 Å². The Bertz CT molecular complexity index is 967. The number of nitrogens with one attached hydrogen (secondary N) is 1. The van der Waals surface area contributed by atoms with E-state index in [1.165, 1.54) is 11.8 Å². The number of hydrogen-bond donors (Lipinski definition) is 1. The van der Waals surface area contributed by atoms with E-state index in [4.69, 9.17) is 4.42 Å². The molecule has 140 valence electrons. The minimum atomic E-state index is -0.384. The maximum Gasteiger partial charge on any atom is 0.277 e. The van der Waals surface area contributed by atoms with E-state index in [2.05, 4.69) is 37.5 Å². The number of aromatic nitrogens is 2. The summed E-state index contributed by atoms with van der Waals surface area (Å²) in [7, 11) is 0. The van der Waals surface area contributed by atoms with Gasteiger partial charge in [0.1, 0.15) is 0 Å². The lowest BCUT2D eigenvalue weighted by atomic mass is 10.1. The molecule has 0 aliphatic heterocycles. The zero-order valence-electron chi connectivity index (χ0n) is 15.5. The van der Waals surface area contributed by atoms with E-state index in [0.717, 1.165) is 32.4 Å². The third-order valence-corrected chi connectivity index (χ3v) is 5.49. The molecule has 1 N–H and O–H groups in total. The van der Waals surface area contributed by atoms with E-state index in [-0.39, 0.29) is 11.2 Å². The van der Waals surface area contributed by atoms with E-state index >= 15 is 0 Å². The van der Waals surface area contributed by atoms with Crippen molar-refractivity contribution in [3.8, 4) is 11.5 Å². The first kappa shape index (κ1) is 19.6. The highest BCUT2D eigenvalue weighted by Gasteiger charge is 2.19. The summed E-state index contributed by atoms with van der Waals surface area (Å²) >= 11 is 4.71. The summed E-state index contributed by atoms with van der Waals surface area (Å²) < 4.78 is 6.59. The van der Waals surface area contributed by atoms with E-state index < -0.39 is 0 Å². The quantitative estimate of drug-likeness (QED) is 0.521. The van der Waals surface area contributed by atoms with Gasteiger partial charge in [0.2, 0.25) is 11.8 Å². The van der Waals surface area contributed by atoms with Crippen molar-refractivity contribution in [2.24, 2.45) is 0 Å². The Balaban J connectivity index is 1.68. The van der Waals surface area contributed by atoms with Crippen LogP contribution < -0.4 is 5.32 Å². The van der Waals surface area contributed by atoms with Gasteiger partial charge in [0.25, 0.3) is 5.22 Å². The molecule has 0 spiro atoms. The standard InChI is InChI=1S/C20H20BrN3O2S/c1-11-5-6-17(16(21)10-11)22-18(25)14(4)27-20-24-23-19(26-20)15-8-12(2)7-13(3)9-15/h5-10,14H,1-4H3,(H,22,25). The minimum absolute atomic E-state index is 0.129. The average molecular weight is 446 g/mol. The number of amides is 1. The number of carbonyl (C=O) groups excluding carboxylic acids is 1. The molecule has 3 aromatic rings. The van der Waals surface area contributed by atoms with E-state index in [0.29, 0.717) is 11.1 Å². The normalized spacial score (nSPS) is 12.0. The Morgan fingerprint density at radius 3 is 2.44 bits per heavy atom. The molecule has 1 atom stereocenters. The Hall–Kier alpha value is -2.12. The number of aryl methyl sites for hydroxylation is 3. The van der Waals surface area contributed by atoms with Gasteiger partial charge in [-0.05, 0) is 73.5 Å². The summed E-state index contributed by atoms with van der Waals surface area (Å²) in [6, 6.07) is 11.9. The molecule has 0 aliphatic rings. The fourth-order valence-electron chi connectivity index (χ4n) is 2.63. The van der Waals surface area contributed by atoms with Gasteiger partial charge in [-0.3, -0.25) is 4.79 Å². The molecule has 27 heavy (non-hydrogen) atoms. The fourth-order valence-corrected chi connectivity index (χ4v) is 3.91. The Labute approximate surface area is 171 Å². The minimum Gasteiger partial charge on any atom is -0.411 e. The van der Waals surface area contributed by atoms with Gasteiger partial charge < -0.3 is 9.73 Å². The topological polar surface area (TPSA) is 68.0 Å². The van der Waals surface area contributed by atoms with Crippen LogP contribution >= 0.6 is 27.7 Å². The lowest BCUT2D eigenvalue weighted by Crippen LogP contribution is -2.22. The van der Waals surface area contributed by atoms with Crippen molar-refractivity contribution in [2.45, 2.75) is 38.2 Å². The molecule has 1 aromatic heterocycles. The first-order valence-electron chi connectivity index (χ1n) is 8.47. The average Bonchev–Trinajstić information content (AvgIpc) is 3.05. The molecule has 0 radical (unpaired) electrons. The molecular formula is C20H20BrN3O2S. The molecule has 0 saturated carbocycles. The highest BCUT2D eigenvalue weighted by Crippen LogP contribution is 2.29. The number of nitrogens with zero attached hydrogens (tertiary/aromatic N) is 2. The van der Waals surface area contributed by atoms with Gasteiger partial charge in [0.05, 0.1) is 10.9 Å². The molecule has 0 bridgehead atoms. The van der Waals surface area contributed by atoms with Crippen molar-refractivity contribution in [1.29, 1.82) is 0 Å². The molecule has 5 nitrogen and oxygen atoms in total. The third kappa shape index (κ3) is 4.99. The second-order valence-corrected chi connectivity index (χ2v) is 8.63. The van der Waals surface area contributed by atoms with Crippen molar-refractivity contribution in [3.63, 3.8) is 0 Å². The number of thioether (sulfide) groups is 1.